The quantitative estimate of drug-likeness (QED) is 0.857. The average Bonchev–Trinajstić information content (AvgIpc) is 2.12. The molecule has 1 fully saturated rings. The molecule has 1 N–H and O–H groups in total. The summed E-state index contributed by atoms with van der Waals surface area (Å²) in [6, 6.07) is 0. The number of alkyl carbamates (subject to hydrolysis) is 1. The van der Waals surface area contributed by atoms with Gasteiger partial charge in [0.05, 0.1) is 0 Å². The fraction of sp³-hybridized carbons (Fsp3) is 0.923. The summed E-state index contributed by atoms with van der Waals surface area (Å²) in [4.78, 5) is 13.9. The molecule has 2 unspecified atom stereocenters. The van der Waals surface area contributed by atoms with Crippen molar-refractivity contribution in [2.75, 3.05) is 26.2 Å². The minimum Gasteiger partial charge on any atom is -0.444 e. The van der Waals surface area contributed by atoms with Crippen molar-refractivity contribution in [1.82, 2.24) is 10.2 Å². The normalized spacial score (nSPS) is 25.8. The maximum Gasteiger partial charge on any atom is 0.407 e. The molecule has 0 aromatic carbocycles. The van der Waals surface area contributed by atoms with Crippen LogP contribution >= 0.6 is 11.8 Å². The molecule has 0 aliphatic carbocycles. The summed E-state index contributed by atoms with van der Waals surface area (Å²) in [5.41, 5.74) is -0.422. The Morgan fingerprint density at radius 2 is 1.89 bits per heavy atom. The maximum atomic E-state index is 11.5. The highest BCUT2D eigenvalue weighted by molar-refractivity contribution is 8.00. The summed E-state index contributed by atoms with van der Waals surface area (Å²) in [6.45, 7) is 13.9. The molecule has 1 saturated heterocycles. The van der Waals surface area contributed by atoms with Crippen LogP contribution in [-0.4, -0.2) is 53.3 Å². The van der Waals surface area contributed by atoms with E-state index in [1.165, 1.54) is 0 Å². The molecular formula is C13H26N2O2S. The molecule has 0 spiro atoms. The molecule has 4 nitrogen and oxygen atoms in total. The lowest BCUT2D eigenvalue weighted by Crippen LogP contribution is -2.44. The Kier molecular flexibility index (Phi) is 5.79. The van der Waals surface area contributed by atoms with Gasteiger partial charge in [-0.3, -0.25) is 4.90 Å². The van der Waals surface area contributed by atoms with E-state index in [1.54, 1.807) is 0 Å². The van der Waals surface area contributed by atoms with E-state index in [-0.39, 0.29) is 6.09 Å². The molecule has 0 bridgehead atoms. The van der Waals surface area contributed by atoms with Gasteiger partial charge >= 0.3 is 6.09 Å². The number of amides is 1. The fourth-order valence-electron chi connectivity index (χ4n) is 2.10. The number of ether oxygens (including phenoxy) is 1. The SMILES string of the molecule is CC1CN(CCNC(=O)OC(C)(C)C)CC(C)S1. The summed E-state index contributed by atoms with van der Waals surface area (Å²) >= 11 is 2.04. The number of nitrogens with one attached hydrogen (secondary N) is 1. The number of rotatable bonds is 3. The van der Waals surface area contributed by atoms with Crippen LogP contribution in [0.25, 0.3) is 0 Å². The third-order valence-corrected chi connectivity index (χ3v) is 3.82. The number of nitrogens with zero attached hydrogens (tertiary/aromatic N) is 1. The third-order valence-electron chi connectivity index (χ3n) is 2.59. The first-order chi connectivity index (χ1) is 8.26. The van der Waals surface area contributed by atoms with Crippen molar-refractivity contribution in [1.29, 1.82) is 0 Å². The molecular weight excluding hydrogens is 248 g/mol. The van der Waals surface area contributed by atoms with Crippen LogP contribution in [0.2, 0.25) is 0 Å². The van der Waals surface area contributed by atoms with Crippen LogP contribution in [0.1, 0.15) is 34.6 Å². The summed E-state index contributed by atoms with van der Waals surface area (Å²) in [5.74, 6) is 0. The Labute approximate surface area is 115 Å². The first kappa shape index (κ1) is 15.6. The van der Waals surface area contributed by atoms with Crippen molar-refractivity contribution in [3.05, 3.63) is 0 Å². The zero-order valence-corrected chi connectivity index (χ0v) is 13.0. The monoisotopic (exact) mass is 274 g/mol. The van der Waals surface area contributed by atoms with E-state index < -0.39 is 5.60 Å². The Morgan fingerprint density at radius 3 is 2.39 bits per heavy atom. The summed E-state index contributed by atoms with van der Waals surface area (Å²) in [7, 11) is 0. The maximum absolute atomic E-state index is 11.5. The topological polar surface area (TPSA) is 41.6 Å². The van der Waals surface area contributed by atoms with Crippen molar-refractivity contribution in [3.8, 4) is 0 Å². The summed E-state index contributed by atoms with van der Waals surface area (Å²) < 4.78 is 5.20. The molecule has 1 aliphatic rings. The van der Waals surface area contributed by atoms with E-state index in [2.05, 4.69) is 24.1 Å². The van der Waals surface area contributed by atoms with E-state index in [0.717, 1.165) is 19.6 Å². The third kappa shape index (κ3) is 6.50. The van der Waals surface area contributed by atoms with Gasteiger partial charge in [-0.15, -0.1) is 0 Å². The van der Waals surface area contributed by atoms with Gasteiger partial charge in [-0.25, -0.2) is 4.79 Å². The smallest absolute Gasteiger partial charge is 0.407 e. The summed E-state index contributed by atoms with van der Waals surface area (Å²) in [6.07, 6.45) is -0.324. The molecule has 1 aliphatic heterocycles. The first-order valence-corrected chi connectivity index (χ1v) is 7.55. The minimum absolute atomic E-state index is 0.324. The largest absolute Gasteiger partial charge is 0.444 e. The second-order valence-electron chi connectivity index (χ2n) is 5.95. The van der Waals surface area contributed by atoms with Gasteiger partial charge in [-0.2, -0.15) is 11.8 Å². The highest BCUT2D eigenvalue weighted by atomic mass is 32.2. The number of carbonyl (C=O) groups excluding carboxylic acids is 1. The number of hydrogen-bond acceptors (Lipinski definition) is 4. The van der Waals surface area contributed by atoms with Gasteiger partial charge in [-0.05, 0) is 20.8 Å². The van der Waals surface area contributed by atoms with Gasteiger partial charge in [0, 0.05) is 36.7 Å². The van der Waals surface area contributed by atoms with Gasteiger partial charge < -0.3 is 10.1 Å². The van der Waals surface area contributed by atoms with Crippen LogP contribution in [0, 0.1) is 0 Å². The molecule has 5 heteroatoms. The lowest BCUT2D eigenvalue weighted by molar-refractivity contribution is 0.0522. The molecule has 1 heterocycles. The van der Waals surface area contributed by atoms with Crippen LogP contribution in [0.15, 0.2) is 0 Å². The van der Waals surface area contributed by atoms with Crippen LogP contribution in [0.3, 0.4) is 0 Å². The highest BCUT2D eigenvalue weighted by Gasteiger charge is 2.22. The minimum atomic E-state index is -0.422. The predicted molar refractivity (Wildman–Crippen MR) is 77.2 cm³/mol. The van der Waals surface area contributed by atoms with Crippen LogP contribution in [0.4, 0.5) is 4.79 Å². The van der Waals surface area contributed by atoms with E-state index in [0.29, 0.717) is 17.0 Å². The number of carbonyl (C=O) groups is 1. The summed E-state index contributed by atoms with van der Waals surface area (Å²) in [5, 5.41) is 4.16. The van der Waals surface area contributed by atoms with E-state index in [9.17, 15) is 4.79 Å². The van der Waals surface area contributed by atoms with E-state index >= 15 is 0 Å². The van der Waals surface area contributed by atoms with Crippen LogP contribution in [0.5, 0.6) is 0 Å². The first-order valence-electron chi connectivity index (χ1n) is 6.61. The molecule has 1 rings (SSSR count). The van der Waals surface area contributed by atoms with Crippen LogP contribution in [-0.2, 0) is 4.74 Å². The van der Waals surface area contributed by atoms with Gasteiger partial charge in [0.1, 0.15) is 5.60 Å². The molecule has 0 radical (unpaired) electrons. The Hall–Kier alpha value is -0.420. The zero-order valence-electron chi connectivity index (χ0n) is 12.2. The lowest BCUT2D eigenvalue weighted by Gasteiger charge is -2.34. The molecule has 18 heavy (non-hydrogen) atoms. The second-order valence-corrected chi connectivity index (χ2v) is 7.83. The predicted octanol–water partition coefficient (Wildman–Crippen LogP) is 2.34. The van der Waals surface area contributed by atoms with E-state index in [4.69, 9.17) is 4.74 Å². The Morgan fingerprint density at radius 1 is 1.33 bits per heavy atom. The fourth-order valence-corrected chi connectivity index (χ4v) is 3.48. The number of thioether (sulfide) groups is 1. The van der Waals surface area contributed by atoms with Gasteiger partial charge in [0.2, 0.25) is 0 Å². The molecule has 2 atom stereocenters. The molecule has 0 aromatic rings. The standard InChI is InChI=1S/C13H26N2O2S/c1-10-8-15(9-11(2)18-10)7-6-14-12(16)17-13(3,4)5/h10-11H,6-9H2,1-5H3,(H,14,16). The second kappa shape index (κ2) is 6.66. The van der Waals surface area contributed by atoms with Crippen LogP contribution < -0.4 is 5.32 Å². The highest BCUT2D eigenvalue weighted by Crippen LogP contribution is 2.24. The molecule has 0 aromatic heterocycles. The van der Waals surface area contributed by atoms with Crippen molar-refractivity contribution in [2.24, 2.45) is 0 Å². The van der Waals surface area contributed by atoms with Crippen molar-refractivity contribution in [2.45, 2.75) is 50.7 Å². The van der Waals surface area contributed by atoms with Gasteiger partial charge in [0.15, 0.2) is 0 Å². The van der Waals surface area contributed by atoms with Crippen molar-refractivity contribution < 1.29 is 9.53 Å². The Bertz CT molecular complexity index is 269. The van der Waals surface area contributed by atoms with Crippen molar-refractivity contribution >= 4 is 17.9 Å². The Balaban J connectivity index is 2.19. The van der Waals surface area contributed by atoms with Crippen molar-refractivity contribution in [3.63, 3.8) is 0 Å². The van der Waals surface area contributed by atoms with Gasteiger partial charge in [0.25, 0.3) is 0 Å². The van der Waals surface area contributed by atoms with Gasteiger partial charge in [-0.1, -0.05) is 13.8 Å². The molecule has 106 valence electrons. The molecule has 0 saturated carbocycles. The lowest BCUT2D eigenvalue weighted by atomic mass is 10.2. The molecule has 1 amide bonds. The number of hydrogen-bond donors (Lipinski definition) is 1. The zero-order chi connectivity index (χ0) is 13.8. The average molecular weight is 274 g/mol. The van der Waals surface area contributed by atoms with E-state index in [1.807, 2.05) is 32.5 Å².